The number of imidazole rings is 1. The van der Waals surface area contributed by atoms with Gasteiger partial charge in [0.2, 0.25) is 0 Å². The number of ether oxygens (including phenoxy) is 1. The summed E-state index contributed by atoms with van der Waals surface area (Å²) in [5, 5.41) is 0. The monoisotopic (exact) mass is 602 g/mol. The smallest absolute Gasteiger partial charge is 0.165 e. The minimum atomic E-state index is -4.03. The van der Waals surface area contributed by atoms with Crippen molar-refractivity contribution in [3.63, 3.8) is 0 Å². The van der Waals surface area contributed by atoms with Gasteiger partial charge in [0.25, 0.3) is 0 Å². The highest BCUT2D eigenvalue weighted by molar-refractivity contribution is 7.99. The van der Waals surface area contributed by atoms with Crippen LogP contribution in [0.3, 0.4) is 0 Å². The molecule has 0 bridgehead atoms. The standard InChI is InChI=1S/C28H52N5O4PS.H3N/c1-3-4-5-13-16-19-39-20-17-14-11-9-7-6-8-10-12-15-18-37-38(34,35)24-36-25(2)21-33-23-32-26-27(29)30-22-31-28(26)33;/h22-23,25H,3-21,24H2,1-2H3,(H,34,35)(H2,29,30,31);1H3/t25-;/m1./s1. The van der Waals surface area contributed by atoms with E-state index >= 15 is 0 Å². The summed E-state index contributed by atoms with van der Waals surface area (Å²) in [6.07, 6.45) is 21.1. The number of aromatic nitrogens is 4. The molecule has 0 amide bonds. The number of fused-ring (bicyclic) bond motifs is 1. The predicted molar refractivity (Wildman–Crippen MR) is 167 cm³/mol. The number of nitrogen functional groups attached to an aromatic ring is 1. The lowest BCUT2D eigenvalue weighted by Crippen LogP contribution is -2.20. The predicted octanol–water partition coefficient (Wildman–Crippen LogP) is 7.32. The molecule has 2 heterocycles. The summed E-state index contributed by atoms with van der Waals surface area (Å²) in [6.45, 7) is 4.68. The molecule has 0 saturated carbocycles. The van der Waals surface area contributed by atoms with Gasteiger partial charge in [-0.05, 0) is 37.7 Å². The maximum atomic E-state index is 12.2. The molecule has 2 aromatic heterocycles. The number of unbranched alkanes of at least 4 members (excludes halogenated alkanes) is 13. The minimum Gasteiger partial charge on any atom is -0.777 e. The van der Waals surface area contributed by atoms with Crippen LogP contribution in [0.1, 0.15) is 110 Å². The molecule has 2 atom stereocenters. The van der Waals surface area contributed by atoms with Crippen LogP contribution in [0.15, 0.2) is 12.7 Å². The van der Waals surface area contributed by atoms with Gasteiger partial charge in [0, 0.05) is 0 Å². The molecule has 10 nitrogen and oxygen atoms in total. The highest BCUT2D eigenvalue weighted by Gasteiger charge is 2.14. The summed E-state index contributed by atoms with van der Waals surface area (Å²) < 4.78 is 24.6. The van der Waals surface area contributed by atoms with Crippen LogP contribution in [-0.2, 0) is 20.4 Å². The first kappa shape index (κ1) is 36.8. The van der Waals surface area contributed by atoms with E-state index in [1.54, 1.807) is 17.8 Å². The molecule has 0 aliphatic carbocycles. The van der Waals surface area contributed by atoms with Crippen LogP contribution in [0, 0.1) is 0 Å². The minimum absolute atomic E-state index is 0. The van der Waals surface area contributed by atoms with E-state index in [-0.39, 0.29) is 18.9 Å². The van der Waals surface area contributed by atoms with Crippen molar-refractivity contribution >= 4 is 36.3 Å². The Morgan fingerprint density at radius 1 is 0.925 bits per heavy atom. The van der Waals surface area contributed by atoms with E-state index < -0.39 is 13.9 Å². The average Bonchev–Trinajstić information content (AvgIpc) is 3.32. The molecule has 0 saturated heterocycles. The quantitative estimate of drug-likeness (QED) is 0.0874. The van der Waals surface area contributed by atoms with Gasteiger partial charge in [-0.2, -0.15) is 11.8 Å². The Labute approximate surface area is 246 Å². The van der Waals surface area contributed by atoms with Gasteiger partial charge < -0.3 is 35.2 Å². The Balaban J connectivity index is 0.00000800. The molecule has 0 aliphatic heterocycles. The second-order valence-electron chi connectivity index (χ2n) is 10.4. The van der Waals surface area contributed by atoms with Gasteiger partial charge >= 0.3 is 0 Å². The fourth-order valence-electron chi connectivity index (χ4n) is 4.45. The Bertz CT molecular complexity index is 951. The van der Waals surface area contributed by atoms with Crippen molar-refractivity contribution in [2.24, 2.45) is 0 Å². The molecule has 1 unspecified atom stereocenters. The van der Waals surface area contributed by atoms with Crippen LogP contribution in [0.4, 0.5) is 5.82 Å². The largest absolute Gasteiger partial charge is 0.777 e. The maximum Gasteiger partial charge on any atom is 0.165 e. The van der Waals surface area contributed by atoms with E-state index in [2.05, 4.69) is 33.6 Å². The second kappa shape index (κ2) is 22.4. The summed E-state index contributed by atoms with van der Waals surface area (Å²) in [4.78, 5) is 24.5. The highest BCUT2D eigenvalue weighted by atomic mass is 32.2. The summed E-state index contributed by atoms with van der Waals surface area (Å²) >= 11 is 2.13. The highest BCUT2D eigenvalue weighted by Crippen LogP contribution is 2.37. The molecule has 2 rings (SSSR count). The van der Waals surface area contributed by atoms with Gasteiger partial charge in [-0.15, -0.1) is 0 Å². The third-order valence-electron chi connectivity index (χ3n) is 6.76. The number of nitrogens with zero attached hydrogens (tertiary/aromatic N) is 4. The number of hydrogen-bond donors (Lipinski definition) is 2. The van der Waals surface area contributed by atoms with Crippen molar-refractivity contribution in [3.8, 4) is 0 Å². The number of nitrogens with two attached hydrogens (primary N) is 1. The molecule has 0 aromatic carbocycles. The number of quaternary nitrogens is 1. The Hall–Kier alpha value is -1.23. The van der Waals surface area contributed by atoms with Crippen molar-refractivity contribution in [2.45, 2.75) is 123 Å². The zero-order chi connectivity index (χ0) is 28.2. The van der Waals surface area contributed by atoms with Crippen molar-refractivity contribution in [3.05, 3.63) is 12.7 Å². The van der Waals surface area contributed by atoms with E-state index in [0.717, 1.165) is 19.3 Å². The molecule has 0 radical (unpaired) electrons. The first-order valence-electron chi connectivity index (χ1n) is 15.0. The first-order chi connectivity index (χ1) is 18.9. The second-order valence-corrected chi connectivity index (χ2v) is 13.4. The third kappa shape index (κ3) is 16.3. The SMILES string of the molecule is CCCCCCCSCCCCCCCCCCCCOP(=O)([O-])CO[C@H](C)Cn1cnc2c(N)ncnc21.[NH4+]. The van der Waals surface area contributed by atoms with Gasteiger partial charge in [-0.25, -0.2) is 15.0 Å². The lowest BCUT2D eigenvalue weighted by atomic mass is 10.1. The van der Waals surface area contributed by atoms with Crippen LogP contribution >= 0.6 is 19.4 Å². The van der Waals surface area contributed by atoms with Crippen molar-refractivity contribution in [1.29, 1.82) is 0 Å². The Kier molecular flexibility index (Phi) is 20.6. The van der Waals surface area contributed by atoms with Crippen molar-refractivity contribution in [2.75, 3.05) is 30.2 Å². The van der Waals surface area contributed by atoms with Crippen LogP contribution in [-0.4, -0.2) is 50.1 Å². The van der Waals surface area contributed by atoms with Crippen molar-refractivity contribution in [1.82, 2.24) is 25.7 Å². The third-order valence-corrected chi connectivity index (χ3v) is 8.96. The number of hydrogen-bond acceptors (Lipinski definition) is 9. The van der Waals surface area contributed by atoms with Crippen molar-refractivity contribution < 1.29 is 18.7 Å². The Morgan fingerprint density at radius 3 is 2.12 bits per heavy atom. The van der Waals surface area contributed by atoms with Gasteiger partial charge in [-0.1, -0.05) is 84.0 Å². The molecule has 40 heavy (non-hydrogen) atoms. The molecule has 0 spiro atoms. The molecule has 232 valence electrons. The lowest BCUT2D eigenvalue weighted by Gasteiger charge is -2.25. The van der Waals surface area contributed by atoms with Gasteiger partial charge in [0.05, 0.1) is 25.6 Å². The van der Waals surface area contributed by atoms with Crippen LogP contribution in [0.5, 0.6) is 0 Å². The van der Waals surface area contributed by atoms with Gasteiger partial charge in [0.1, 0.15) is 18.2 Å². The molecular weight excluding hydrogens is 547 g/mol. The zero-order valence-electron chi connectivity index (χ0n) is 25.2. The molecule has 0 fully saturated rings. The Morgan fingerprint density at radius 2 is 1.50 bits per heavy atom. The normalized spacial score (nSPS) is 13.8. The lowest BCUT2D eigenvalue weighted by molar-refractivity contribution is -0.205. The van der Waals surface area contributed by atoms with E-state index in [4.69, 9.17) is 15.0 Å². The van der Waals surface area contributed by atoms with Gasteiger partial charge in [0.15, 0.2) is 19.1 Å². The average molecular weight is 603 g/mol. The van der Waals surface area contributed by atoms with E-state index in [1.165, 1.54) is 94.9 Å². The molecular formula is C28H55N6O4PS. The number of rotatable bonds is 25. The van der Waals surface area contributed by atoms with E-state index in [0.29, 0.717) is 23.5 Å². The van der Waals surface area contributed by atoms with E-state index in [1.807, 2.05) is 0 Å². The molecule has 2 aromatic rings. The van der Waals surface area contributed by atoms with Gasteiger partial charge in [-0.3, -0.25) is 0 Å². The molecule has 6 N–H and O–H groups in total. The van der Waals surface area contributed by atoms with E-state index in [9.17, 15) is 9.46 Å². The maximum absolute atomic E-state index is 12.2. The van der Waals surface area contributed by atoms with Crippen LogP contribution in [0.25, 0.3) is 11.2 Å². The zero-order valence-corrected chi connectivity index (χ0v) is 26.9. The summed E-state index contributed by atoms with van der Waals surface area (Å²) in [5.74, 6) is 2.97. The fraction of sp³-hybridized carbons (Fsp3) is 0.821. The fourth-order valence-corrected chi connectivity index (χ4v) is 6.39. The summed E-state index contributed by atoms with van der Waals surface area (Å²) in [7, 11) is -4.03. The molecule has 0 aliphatic rings. The number of anilines is 1. The summed E-state index contributed by atoms with van der Waals surface area (Å²) in [5.41, 5.74) is 6.91. The van der Waals surface area contributed by atoms with Crippen LogP contribution < -0.4 is 16.8 Å². The molecule has 12 heteroatoms. The van der Waals surface area contributed by atoms with Crippen LogP contribution in [0.2, 0.25) is 0 Å². The summed E-state index contributed by atoms with van der Waals surface area (Å²) in [6, 6.07) is 0. The number of thioether (sulfide) groups is 1. The first-order valence-corrected chi connectivity index (χ1v) is 17.9. The topological polar surface area (TPSA) is 165 Å².